The van der Waals surface area contributed by atoms with Gasteiger partial charge >= 0.3 is 11.9 Å². The van der Waals surface area contributed by atoms with Gasteiger partial charge in [-0.3, -0.25) is 9.59 Å². The summed E-state index contributed by atoms with van der Waals surface area (Å²) >= 11 is 3.95. The molecule has 7 heteroatoms. The molecule has 0 radical (unpaired) electrons. The summed E-state index contributed by atoms with van der Waals surface area (Å²) in [6, 6.07) is 0. The zero-order chi connectivity index (χ0) is 13.8. The van der Waals surface area contributed by atoms with E-state index >= 15 is 0 Å². The van der Waals surface area contributed by atoms with Crippen LogP contribution in [0.15, 0.2) is 0 Å². The summed E-state index contributed by atoms with van der Waals surface area (Å²) in [5.41, 5.74) is -1.56. The van der Waals surface area contributed by atoms with Crippen LogP contribution < -0.4 is 0 Å². The molecule has 0 spiro atoms. The SMILES string of the molecule is CC(CS)C(=O)N(CC(=O)O)C(C)(C)C(=O)O. The van der Waals surface area contributed by atoms with Gasteiger partial charge in [-0.1, -0.05) is 6.92 Å². The van der Waals surface area contributed by atoms with E-state index in [1.807, 2.05) is 0 Å². The Morgan fingerprint density at radius 1 is 1.29 bits per heavy atom. The Labute approximate surface area is 105 Å². The summed E-state index contributed by atoms with van der Waals surface area (Å²) in [6.07, 6.45) is 0. The normalized spacial score (nSPS) is 12.9. The molecule has 0 aliphatic carbocycles. The van der Waals surface area contributed by atoms with Gasteiger partial charge in [-0.05, 0) is 13.8 Å². The van der Waals surface area contributed by atoms with E-state index in [9.17, 15) is 14.4 Å². The molecule has 17 heavy (non-hydrogen) atoms. The first-order valence-corrected chi connectivity index (χ1v) is 5.65. The molecule has 0 aromatic carbocycles. The second-order valence-electron chi connectivity index (χ2n) is 4.27. The number of hydrogen-bond acceptors (Lipinski definition) is 4. The van der Waals surface area contributed by atoms with Crippen LogP contribution in [0.2, 0.25) is 0 Å². The van der Waals surface area contributed by atoms with Crippen LogP contribution in [0.1, 0.15) is 20.8 Å². The molecule has 0 bridgehead atoms. The van der Waals surface area contributed by atoms with Crippen molar-refractivity contribution in [2.75, 3.05) is 12.3 Å². The fraction of sp³-hybridized carbons (Fsp3) is 0.700. The van der Waals surface area contributed by atoms with Crippen molar-refractivity contribution in [1.29, 1.82) is 0 Å². The summed E-state index contributed by atoms with van der Waals surface area (Å²) in [5.74, 6) is -3.34. The third kappa shape index (κ3) is 3.92. The number of carbonyl (C=O) groups is 3. The van der Waals surface area contributed by atoms with Gasteiger partial charge in [0, 0.05) is 11.7 Å². The smallest absolute Gasteiger partial charge is 0.329 e. The lowest BCUT2D eigenvalue weighted by atomic mass is 10.0. The highest BCUT2D eigenvalue weighted by Gasteiger charge is 2.40. The van der Waals surface area contributed by atoms with Gasteiger partial charge in [0.25, 0.3) is 0 Å². The van der Waals surface area contributed by atoms with E-state index in [1.165, 1.54) is 13.8 Å². The minimum absolute atomic E-state index is 0.227. The highest BCUT2D eigenvalue weighted by molar-refractivity contribution is 7.80. The molecule has 98 valence electrons. The van der Waals surface area contributed by atoms with Crippen LogP contribution >= 0.6 is 12.6 Å². The first kappa shape index (κ1) is 15.8. The number of nitrogens with zero attached hydrogens (tertiary/aromatic N) is 1. The molecule has 0 rings (SSSR count). The van der Waals surface area contributed by atoms with E-state index in [1.54, 1.807) is 6.92 Å². The van der Waals surface area contributed by atoms with Gasteiger partial charge in [0.2, 0.25) is 5.91 Å². The minimum atomic E-state index is -1.56. The predicted molar refractivity (Wildman–Crippen MR) is 64.1 cm³/mol. The Morgan fingerprint density at radius 3 is 2.06 bits per heavy atom. The van der Waals surface area contributed by atoms with Crippen molar-refractivity contribution < 1.29 is 24.6 Å². The molecule has 1 unspecified atom stereocenters. The summed E-state index contributed by atoms with van der Waals surface area (Å²) in [6.45, 7) is 3.52. The number of hydrogen-bond donors (Lipinski definition) is 3. The van der Waals surface area contributed by atoms with Crippen LogP contribution in [0, 0.1) is 5.92 Å². The number of carboxylic acids is 2. The van der Waals surface area contributed by atoms with Crippen LogP contribution in [0.3, 0.4) is 0 Å². The molecule has 0 aliphatic heterocycles. The summed E-state index contributed by atoms with van der Waals surface area (Å²) < 4.78 is 0. The van der Waals surface area contributed by atoms with Crippen LogP contribution in [0.4, 0.5) is 0 Å². The summed E-state index contributed by atoms with van der Waals surface area (Å²) in [4.78, 5) is 34.5. The molecule has 0 saturated heterocycles. The Morgan fingerprint density at radius 2 is 1.76 bits per heavy atom. The van der Waals surface area contributed by atoms with Gasteiger partial charge in [-0.15, -0.1) is 0 Å². The molecular weight excluding hydrogens is 246 g/mol. The van der Waals surface area contributed by atoms with Gasteiger partial charge < -0.3 is 15.1 Å². The summed E-state index contributed by atoms with van der Waals surface area (Å²) in [5, 5.41) is 17.7. The fourth-order valence-corrected chi connectivity index (χ4v) is 1.30. The van der Waals surface area contributed by atoms with E-state index in [0.717, 1.165) is 4.90 Å². The molecule has 0 heterocycles. The lowest BCUT2D eigenvalue weighted by molar-refractivity contribution is -0.161. The van der Waals surface area contributed by atoms with E-state index in [0.29, 0.717) is 0 Å². The highest BCUT2D eigenvalue weighted by Crippen LogP contribution is 2.18. The molecule has 0 fully saturated rings. The van der Waals surface area contributed by atoms with Crippen LogP contribution in [0.25, 0.3) is 0 Å². The van der Waals surface area contributed by atoms with E-state index in [4.69, 9.17) is 10.2 Å². The predicted octanol–water partition coefficient (Wildman–Crippen LogP) is 0.329. The van der Waals surface area contributed by atoms with Crippen molar-refractivity contribution in [2.24, 2.45) is 5.92 Å². The number of carboxylic acid groups (broad SMARTS) is 2. The van der Waals surface area contributed by atoms with Crippen molar-refractivity contribution in [3.05, 3.63) is 0 Å². The average molecular weight is 263 g/mol. The number of amides is 1. The molecule has 0 aromatic rings. The highest BCUT2D eigenvalue weighted by atomic mass is 32.1. The van der Waals surface area contributed by atoms with E-state index in [-0.39, 0.29) is 5.75 Å². The maximum Gasteiger partial charge on any atom is 0.329 e. The molecule has 0 saturated carbocycles. The molecule has 0 aromatic heterocycles. The van der Waals surface area contributed by atoms with Crippen LogP contribution in [0.5, 0.6) is 0 Å². The fourth-order valence-electron chi connectivity index (χ4n) is 1.15. The standard InChI is InChI=1S/C10H17NO5S/c1-6(5-17)8(14)11(4-7(12)13)10(2,3)9(15)16/h6,17H,4-5H2,1-3H3,(H,12,13)(H,15,16). The van der Waals surface area contributed by atoms with Crippen molar-refractivity contribution in [1.82, 2.24) is 4.90 Å². The molecule has 1 amide bonds. The Balaban J connectivity index is 5.20. The Kier molecular flexibility index (Phi) is 5.47. The van der Waals surface area contributed by atoms with Gasteiger partial charge in [0.05, 0.1) is 0 Å². The van der Waals surface area contributed by atoms with Gasteiger partial charge in [0.1, 0.15) is 12.1 Å². The monoisotopic (exact) mass is 263 g/mol. The van der Waals surface area contributed by atoms with Crippen molar-refractivity contribution in [3.8, 4) is 0 Å². The molecule has 6 nitrogen and oxygen atoms in total. The third-order valence-electron chi connectivity index (χ3n) is 2.45. The maximum atomic E-state index is 11.9. The largest absolute Gasteiger partial charge is 0.480 e. The van der Waals surface area contributed by atoms with Crippen molar-refractivity contribution >= 4 is 30.5 Å². The van der Waals surface area contributed by atoms with Crippen molar-refractivity contribution in [3.63, 3.8) is 0 Å². The lowest BCUT2D eigenvalue weighted by Crippen LogP contribution is -2.56. The van der Waals surface area contributed by atoms with Crippen LogP contribution in [-0.2, 0) is 14.4 Å². The number of aliphatic carboxylic acids is 2. The Bertz CT molecular complexity index is 329. The maximum absolute atomic E-state index is 11.9. The first-order valence-electron chi connectivity index (χ1n) is 5.02. The van der Waals surface area contributed by atoms with Gasteiger partial charge in [-0.2, -0.15) is 12.6 Å². The third-order valence-corrected chi connectivity index (χ3v) is 3.00. The van der Waals surface area contributed by atoms with E-state index in [2.05, 4.69) is 12.6 Å². The second kappa shape index (κ2) is 5.90. The molecule has 1 atom stereocenters. The van der Waals surface area contributed by atoms with Gasteiger partial charge in [-0.25, -0.2) is 4.79 Å². The topological polar surface area (TPSA) is 94.9 Å². The van der Waals surface area contributed by atoms with Gasteiger partial charge in [0.15, 0.2) is 0 Å². The van der Waals surface area contributed by atoms with Crippen LogP contribution in [-0.4, -0.2) is 50.8 Å². The number of thiol groups is 1. The quantitative estimate of drug-likeness (QED) is 0.600. The first-order chi connectivity index (χ1) is 7.64. The molecule has 0 aliphatic rings. The zero-order valence-corrected chi connectivity index (χ0v) is 10.9. The number of rotatable bonds is 6. The average Bonchev–Trinajstić information content (AvgIpc) is 2.23. The molecule has 2 N–H and O–H groups in total. The summed E-state index contributed by atoms with van der Waals surface area (Å²) in [7, 11) is 0. The van der Waals surface area contributed by atoms with Crippen molar-refractivity contribution in [2.45, 2.75) is 26.3 Å². The lowest BCUT2D eigenvalue weighted by Gasteiger charge is -2.35. The zero-order valence-electron chi connectivity index (χ0n) is 10.0. The van der Waals surface area contributed by atoms with E-state index < -0.39 is 35.8 Å². The Hall–Kier alpha value is -1.24. The minimum Gasteiger partial charge on any atom is -0.480 e. The second-order valence-corrected chi connectivity index (χ2v) is 4.63. The molecular formula is C10H17NO5S. The number of carbonyl (C=O) groups excluding carboxylic acids is 1.